The van der Waals surface area contributed by atoms with Gasteiger partial charge in [-0.05, 0) is 73.6 Å². The van der Waals surface area contributed by atoms with Crippen LogP contribution >= 0.6 is 23.2 Å². The number of hydrogen-bond acceptors (Lipinski definition) is 6. The van der Waals surface area contributed by atoms with E-state index < -0.39 is 11.3 Å². The number of hydrogen-bond donors (Lipinski definition) is 3. The van der Waals surface area contributed by atoms with Gasteiger partial charge < -0.3 is 25.8 Å². The molecule has 0 unspecified atom stereocenters. The first-order valence-corrected chi connectivity index (χ1v) is 17.4. The van der Waals surface area contributed by atoms with Crippen molar-refractivity contribution in [1.82, 2.24) is 25.2 Å². The summed E-state index contributed by atoms with van der Waals surface area (Å²) < 4.78 is 1.69. The zero-order chi connectivity index (χ0) is 34.0. The van der Waals surface area contributed by atoms with E-state index in [1.165, 1.54) is 0 Å². The molecule has 1 saturated heterocycles. The summed E-state index contributed by atoms with van der Waals surface area (Å²) in [5, 5.41) is 7.04. The molecule has 0 atom stereocenters. The largest absolute Gasteiger partial charge is 0.368 e. The van der Waals surface area contributed by atoms with Crippen LogP contribution in [0.1, 0.15) is 100 Å². The van der Waals surface area contributed by atoms with Crippen molar-refractivity contribution < 1.29 is 14.4 Å². The van der Waals surface area contributed by atoms with Crippen LogP contribution < -0.4 is 21.3 Å². The van der Waals surface area contributed by atoms with E-state index in [9.17, 15) is 14.4 Å². The quantitative estimate of drug-likeness (QED) is 0.252. The second-order valence-electron chi connectivity index (χ2n) is 14.5. The summed E-state index contributed by atoms with van der Waals surface area (Å²) in [6, 6.07) is 5.44. The Morgan fingerprint density at radius 2 is 1.64 bits per heavy atom. The Kier molecular flexibility index (Phi) is 10.7. The van der Waals surface area contributed by atoms with Crippen LogP contribution in [0.5, 0.6) is 0 Å². The molecule has 4 N–H and O–H groups in total. The van der Waals surface area contributed by atoms with Crippen LogP contribution in [0.25, 0.3) is 11.2 Å². The van der Waals surface area contributed by atoms with E-state index in [1.54, 1.807) is 22.8 Å². The number of nitrogens with two attached hydrogens (primary N) is 1. The molecule has 5 rings (SSSR count). The van der Waals surface area contributed by atoms with Gasteiger partial charge in [-0.2, -0.15) is 0 Å². The highest BCUT2D eigenvalue weighted by Crippen LogP contribution is 2.33. The highest BCUT2D eigenvalue weighted by Gasteiger charge is 2.29. The number of benzene rings is 1. The molecule has 1 saturated carbocycles. The summed E-state index contributed by atoms with van der Waals surface area (Å²) >= 11 is 13.6. The van der Waals surface area contributed by atoms with Gasteiger partial charge in [-0.1, -0.05) is 63.9 Å². The molecule has 47 heavy (non-hydrogen) atoms. The molecule has 1 aliphatic carbocycles. The maximum absolute atomic E-state index is 13.9. The number of primary amides is 1. The minimum atomic E-state index is -0.551. The molecule has 10 nitrogen and oxygen atoms in total. The maximum Gasteiger partial charge on any atom is 0.255 e. The Morgan fingerprint density at radius 3 is 2.28 bits per heavy atom. The first-order chi connectivity index (χ1) is 22.2. The Bertz CT molecular complexity index is 1650. The van der Waals surface area contributed by atoms with Gasteiger partial charge in [0.2, 0.25) is 11.8 Å². The second-order valence-corrected chi connectivity index (χ2v) is 15.3. The van der Waals surface area contributed by atoms with Crippen LogP contribution in [-0.2, 0) is 29.1 Å². The maximum atomic E-state index is 13.9. The van der Waals surface area contributed by atoms with E-state index >= 15 is 0 Å². The zero-order valence-electron chi connectivity index (χ0n) is 28.1. The lowest BCUT2D eigenvalue weighted by Crippen LogP contribution is -2.39. The Morgan fingerprint density at radius 1 is 0.979 bits per heavy atom. The SMILES string of the molecule is CC1CCC(NC(=O)c2cc3nc(Cc4c(Cl)ccc(CNC(=O)C(C)(C)C)c4Cl)n(CC(N)=O)c3nc2N2CCC(C)CC2)CC1. The number of carbonyl (C=O) groups is 3. The number of fused-ring (bicyclic) bond motifs is 1. The van der Waals surface area contributed by atoms with Crippen molar-refractivity contribution in [3.63, 3.8) is 0 Å². The van der Waals surface area contributed by atoms with Gasteiger partial charge in [0.15, 0.2) is 5.65 Å². The Hall–Kier alpha value is -3.37. The minimum Gasteiger partial charge on any atom is -0.368 e. The molecule has 3 heterocycles. The van der Waals surface area contributed by atoms with Crippen molar-refractivity contribution in [2.24, 2.45) is 23.0 Å². The lowest BCUT2D eigenvalue weighted by molar-refractivity contribution is -0.128. The van der Waals surface area contributed by atoms with Crippen LogP contribution in [0.4, 0.5) is 5.82 Å². The summed E-state index contributed by atoms with van der Waals surface area (Å²) in [7, 11) is 0. The fourth-order valence-electron chi connectivity index (χ4n) is 6.38. The van der Waals surface area contributed by atoms with Gasteiger partial charge in [-0.15, -0.1) is 0 Å². The third-order valence-corrected chi connectivity index (χ3v) is 10.3. The molecule has 2 aromatic heterocycles. The molecule has 0 bridgehead atoms. The second kappa shape index (κ2) is 14.4. The first-order valence-electron chi connectivity index (χ1n) is 16.7. The van der Waals surface area contributed by atoms with Crippen LogP contribution in [-0.4, -0.2) is 51.4 Å². The van der Waals surface area contributed by atoms with Crippen molar-refractivity contribution in [1.29, 1.82) is 0 Å². The molecule has 2 aliphatic rings. The highest BCUT2D eigenvalue weighted by molar-refractivity contribution is 6.36. The number of anilines is 1. The van der Waals surface area contributed by atoms with Crippen LogP contribution in [0, 0.1) is 17.3 Å². The van der Waals surface area contributed by atoms with Crippen molar-refractivity contribution in [2.75, 3.05) is 18.0 Å². The molecule has 1 aliphatic heterocycles. The number of pyridine rings is 1. The molecule has 2 fully saturated rings. The number of amides is 3. The van der Waals surface area contributed by atoms with E-state index in [1.807, 2.05) is 20.8 Å². The molecule has 12 heteroatoms. The Labute approximate surface area is 287 Å². The number of rotatable bonds is 9. The van der Waals surface area contributed by atoms with Crippen LogP contribution in [0.2, 0.25) is 10.0 Å². The third kappa shape index (κ3) is 8.20. The summed E-state index contributed by atoms with van der Waals surface area (Å²) in [5.74, 6) is 1.54. The number of halogens is 2. The molecule has 1 aromatic carbocycles. The fourth-order valence-corrected chi connectivity index (χ4v) is 6.95. The van der Waals surface area contributed by atoms with Gasteiger partial charge >= 0.3 is 0 Å². The predicted molar refractivity (Wildman–Crippen MR) is 187 cm³/mol. The van der Waals surface area contributed by atoms with E-state index in [4.69, 9.17) is 38.9 Å². The monoisotopic (exact) mass is 683 g/mol. The van der Waals surface area contributed by atoms with Gasteiger partial charge in [0.05, 0.1) is 10.6 Å². The van der Waals surface area contributed by atoms with Gasteiger partial charge in [-0.25, -0.2) is 9.97 Å². The smallest absolute Gasteiger partial charge is 0.255 e. The van der Waals surface area contributed by atoms with Crippen molar-refractivity contribution in [3.8, 4) is 0 Å². The van der Waals surface area contributed by atoms with Crippen LogP contribution in [0.3, 0.4) is 0 Å². The summed E-state index contributed by atoms with van der Waals surface area (Å²) in [4.78, 5) is 50.8. The summed E-state index contributed by atoms with van der Waals surface area (Å²) in [6.45, 7) is 11.7. The minimum absolute atomic E-state index is 0.101. The molecule has 3 aromatic rings. The van der Waals surface area contributed by atoms with E-state index in [0.29, 0.717) is 61.4 Å². The van der Waals surface area contributed by atoms with E-state index in [0.717, 1.165) is 51.6 Å². The average molecular weight is 685 g/mol. The number of aromatic nitrogens is 3. The van der Waals surface area contributed by atoms with Crippen LogP contribution in [0.15, 0.2) is 18.2 Å². The topological polar surface area (TPSA) is 135 Å². The normalized spacial score (nSPS) is 19.2. The third-order valence-electron chi connectivity index (χ3n) is 9.49. The molecule has 3 amide bonds. The lowest BCUT2D eigenvalue weighted by Gasteiger charge is -2.33. The predicted octanol–water partition coefficient (Wildman–Crippen LogP) is 6.02. The number of nitrogens with one attached hydrogen (secondary N) is 2. The van der Waals surface area contributed by atoms with E-state index in [-0.39, 0.29) is 37.4 Å². The van der Waals surface area contributed by atoms with Gasteiger partial charge in [0.1, 0.15) is 23.7 Å². The van der Waals surface area contributed by atoms with Crippen molar-refractivity contribution in [3.05, 3.63) is 50.8 Å². The molecule has 0 radical (unpaired) electrons. The number of imidazole rings is 1. The summed E-state index contributed by atoms with van der Waals surface area (Å²) in [6.07, 6.45) is 6.27. The molecule has 0 spiro atoms. The Balaban J connectivity index is 1.54. The number of piperidine rings is 1. The highest BCUT2D eigenvalue weighted by atomic mass is 35.5. The number of carbonyl (C=O) groups excluding carboxylic acids is 3. The zero-order valence-corrected chi connectivity index (χ0v) is 29.6. The van der Waals surface area contributed by atoms with E-state index in [2.05, 4.69) is 29.4 Å². The summed E-state index contributed by atoms with van der Waals surface area (Å²) in [5.41, 5.74) is 7.92. The fraction of sp³-hybridized carbons (Fsp3) is 0.571. The molecule has 254 valence electrons. The van der Waals surface area contributed by atoms with Crippen molar-refractivity contribution >= 4 is 57.9 Å². The average Bonchev–Trinajstić information content (AvgIpc) is 3.34. The van der Waals surface area contributed by atoms with Crippen molar-refractivity contribution in [2.45, 2.75) is 98.7 Å². The number of nitrogens with zero attached hydrogens (tertiary/aromatic N) is 4. The van der Waals surface area contributed by atoms with Gasteiger partial charge in [-0.3, -0.25) is 14.4 Å². The standard InChI is InChI=1S/C35H47Cl2N7O3/c1-20-6-9-23(10-7-20)40-33(46)25-16-27-32(42-31(25)43-14-12-21(2)13-15-43)44(19-28(38)45)29(41-27)17-24-26(36)11-8-22(30(24)37)18-39-34(47)35(3,4)5/h8,11,16,20-21,23H,6-7,9-10,12-15,17-19H2,1-5H3,(H2,38,45)(H,39,47)(H,40,46). The lowest BCUT2D eigenvalue weighted by atomic mass is 9.87. The van der Waals surface area contributed by atoms with Gasteiger partial charge in [0, 0.05) is 42.5 Å². The molecular weight excluding hydrogens is 637 g/mol. The van der Waals surface area contributed by atoms with Gasteiger partial charge in [0.25, 0.3) is 5.91 Å². The molecular formula is C35H47Cl2N7O3. The first kappa shape index (κ1) is 35.0.